The second kappa shape index (κ2) is 8.57. The third-order valence-corrected chi connectivity index (χ3v) is 5.31. The first-order valence-corrected chi connectivity index (χ1v) is 10.2. The number of ether oxygens (including phenoxy) is 1. The van der Waals surface area contributed by atoms with Gasteiger partial charge in [0.15, 0.2) is 5.71 Å². The molecule has 1 aliphatic rings. The number of amides is 1. The maximum absolute atomic E-state index is 13.8. The predicted molar refractivity (Wildman–Crippen MR) is 119 cm³/mol. The van der Waals surface area contributed by atoms with E-state index in [4.69, 9.17) is 4.74 Å². The van der Waals surface area contributed by atoms with Crippen molar-refractivity contribution in [1.82, 2.24) is 4.57 Å². The number of benzene rings is 2. The standard InChI is InChI=1S/C24H20F3N3O3/c1-3-33-21(31)14-29-15(2)18(17-11-7-8-12-20(17)29)13-19-22(24(25,26)27)28-30(23(19)32)16-9-5-4-6-10-16/h4-13H,3,14H2,1-2H3/b19-13-. The molecule has 3 aromatic rings. The number of para-hydroxylation sites is 2. The molecule has 0 saturated carbocycles. The van der Waals surface area contributed by atoms with Gasteiger partial charge < -0.3 is 9.30 Å². The third-order valence-electron chi connectivity index (χ3n) is 5.31. The minimum atomic E-state index is -4.83. The Morgan fingerprint density at radius 3 is 2.42 bits per heavy atom. The maximum Gasteiger partial charge on any atom is 0.435 e. The van der Waals surface area contributed by atoms with E-state index in [-0.39, 0.29) is 18.8 Å². The number of aromatic nitrogens is 1. The number of hydrogen-bond acceptors (Lipinski definition) is 4. The Morgan fingerprint density at radius 1 is 1.09 bits per heavy atom. The Balaban J connectivity index is 1.86. The number of esters is 1. The molecule has 0 spiro atoms. The van der Waals surface area contributed by atoms with Crippen LogP contribution in [0.1, 0.15) is 18.2 Å². The van der Waals surface area contributed by atoms with Crippen LogP contribution in [0.15, 0.2) is 65.3 Å². The van der Waals surface area contributed by atoms with Gasteiger partial charge in [-0.2, -0.15) is 23.3 Å². The average Bonchev–Trinajstić information content (AvgIpc) is 3.25. The van der Waals surface area contributed by atoms with Gasteiger partial charge in [-0.3, -0.25) is 9.59 Å². The normalized spacial score (nSPS) is 15.4. The number of hydrogen-bond donors (Lipinski definition) is 0. The Kier molecular flexibility index (Phi) is 5.80. The van der Waals surface area contributed by atoms with Gasteiger partial charge in [0.1, 0.15) is 6.54 Å². The lowest BCUT2D eigenvalue weighted by Crippen LogP contribution is -2.25. The van der Waals surface area contributed by atoms with E-state index in [9.17, 15) is 22.8 Å². The first-order chi connectivity index (χ1) is 15.7. The zero-order chi connectivity index (χ0) is 23.8. The van der Waals surface area contributed by atoms with Crippen molar-refractivity contribution in [2.24, 2.45) is 5.10 Å². The number of hydrazone groups is 1. The molecule has 1 aliphatic heterocycles. The molecular weight excluding hydrogens is 435 g/mol. The van der Waals surface area contributed by atoms with Crippen LogP contribution in [0.2, 0.25) is 0 Å². The number of fused-ring (bicyclic) bond motifs is 1. The van der Waals surface area contributed by atoms with Crippen molar-refractivity contribution in [3.05, 3.63) is 71.4 Å². The molecule has 0 atom stereocenters. The first kappa shape index (κ1) is 22.3. The van der Waals surface area contributed by atoms with E-state index in [1.54, 1.807) is 60.9 Å². The highest BCUT2D eigenvalue weighted by molar-refractivity contribution is 6.34. The van der Waals surface area contributed by atoms with E-state index in [1.165, 1.54) is 18.2 Å². The number of alkyl halides is 3. The van der Waals surface area contributed by atoms with Crippen LogP contribution < -0.4 is 5.01 Å². The summed E-state index contributed by atoms with van der Waals surface area (Å²) in [6.45, 7) is 3.48. The minimum absolute atomic E-state index is 0.104. The van der Waals surface area contributed by atoms with Gasteiger partial charge >= 0.3 is 12.1 Å². The van der Waals surface area contributed by atoms with E-state index in [2.05, 4.69) is 5.10 Å². The van der Waals surface area contributed by atoms with Crippen LogP contribution in [0.4, 0.5) is 18.9 Å². The highest BCUT2D eigenvalue weighted by atomic mass is 19.4. The molecule has 0 aliphatic carbocycles. The van der Waals surface area contributed by atoms with Crippen molar-refractivity contribution >= 4 is 40.3 Å². The number of carbonyl (C=O) groups is 2. The van der Waals surface area contributed by atoms with Crippen molar-refractivity contribution in [2.75, 3.05) is 11.6 Å². The van der Waals surface area contributed by atoms with Crippen molar-refractivity contribution in [2.45, 2.75) is 26.6 Å². The van der Waals surface area contributed by atoms with Crippen LogP contribution in [0.25, 0.3) is 17.0 Å². The van der Waals surface area contributed by atoms with E-state index in [1.807, 2.05) is 0 Å². The van der Waals surface area contributed by atoms with Gasteiger partial charge in [0.25, 0.3) is 5.91 Å². The summed E-state index contributed by atoms with van der Waals surface area (Å²) in [5.74, 6) is -1.35. The summed E-state index contributed by atoms with van der Waals surface area (Å²) >= 11 is 0. The maximum atomic E-state index is 13.8. The fraction of sp³-hybridized carbons (Fsp3) is 0.208. The molecule has 0 fully saturated rings. The van der Waals surface area contributed by atoms with E-state index in [0.29, 0.717) is 22.2 Å². The van der Waals surface area contributed by atoms with Crippen LogP contribution in [0, 0.1) is 6.92 Å². The van der Waals surface area contributed by atoms with Gasteiger partial charge in [-0.05, 0) is 38.1 Å². The summed E-state index contributed by atoms with van der Waals surface area (Å²) in [6.07, 6.45) is -3.63. The highest BCUT2D eigenvalue weighted by Gasteiger charge is 2.47. The lowest BCUT2D eigenvalue weighted by atomic mass is 10.0. The second-order valence-corrected chi connectivity index (χ2v) is 7.36. The van der Waals surface area contributed by atoms with Gasteiger partial charge in [0, 0.05) is 22.2 Å². The van der Waals surface area contributed by atoms with E-state index >= 15 is 0 Å². The molecule has 0 saturated heterocycles. The van der Waals surface area contributed by atoms with Crippen molar-refractivity contribution < 1.29 is 27.5 Å². The van der Waals surface area contributed by atoms with Crippen molar-refractivity contribution in [3.8, 4) is 0 Å². The third kappa shape index (κ3) is 4.13. The summed E-state index contributed by atoms with van der Waals surface area (Å²) in [5.41, 5.74) is -0.0133. The van der Waals surface area contributed by atoms with Gasteiger partial charge in [0.2, 0.25) is 0 Å². The lowest BCUT2D eigenvalue weighted by Gasteiger charge is -2.11. The van der Waals surface area contributed by atoms with Gasteiger partial charge in [0.05, 0.1) is 17.9 Å². The van der Waals surface area contributed by atoms with Gasteiger partial charge in [-0.15, -0.1) is 0 Å². The van der Waals surface area contributed by atoms with Crippen LogP contribution in [0.5, 0.6) is 0 Å². The monoisotopic (exact) mass is 455 g/mol. The first-order valence-electron chi connectivity index (χ1n) is 10.2. The number of halogens is 3. The molecular formula is C24H20F3N3O3. The second-order valence-electron chi connectivity index (χ2n) is 7.36. The molecule has 0 bridgehead atoms. The Morgan fingerprint density at radius 2 is 1.76 bits per heavy atom. The quantitative estimate of drug-likeness (QED) is 0.408. The molecule has 6 nitrogen and oxygen atoms in total. The highest BCUT2D eigenvalue weighted by Crippen LogP contribution is 2.35. The van der Waals surface area contributed by atoms with E-state index in [0.717, 1.165) is 5.01 Å². The Labute approximate surface area is 187 Å². The Hall–Kier alpha value is -3.88. The lowest BCUT2D eigenvalue weighted by molar-refractivity contribution is -0.143. The van der Waals surface area contributed by atoms with E-state index < -0.39 is 29.3 Å². The van der Waals surface area contributed by atoms with Gasteiger partial charge in [-0.1, -0.05) is 36.4 Å². The molecule has 0 N–H and O–H groups in total. The molecule has 1 aromatic heterocycles. The molecule has 0 radical (unpaired) electrons. The van der Waals surface area contributed by atoms with Crippen molar-refractivity contribution in [1.29, 1.82) is 0 Å². The van der Waals surface area contributed by atoms with Crippen molar-refractivity contribution in [3.63, 3.8) is 0 Å². The van der Waals surface area contributed by atoms with Crippen LogP contribution in [-0.2, 0) is 20.9 Å². The molecule has 33 heavy (non-hydrogen) atoms. The molecule has 9 heteroatoms. The predicted octanol–water partition coefficient (Wildman–Crippen LogP) is 4.86. The number of rotatable bonds is 5. The zero-order valence-corrected chi connectivity index (χ0v) is 17.9. The fourth-order valence-electron chi connectivity index (χ4n) is 3.82. The fourth-order valence-corrected chi connectivity index (χ4v) is 3.82. The SMILES string of the molecule is CCOC(=O)Cn1c(C)c(/C=C2\C(=O)N(c3ccccc3)N=C2C(F)(F)F)c2ccccc21. The Bertz CT molecular complexity index is 1290. The molecule has 4 rings (SSSR count). The number of nitrogens with zero attached hydrogens (tertiary/aromatic N) is 3. The zero-order valence-electron chi connectivity index (χ0n) is 17.9. The molecule has 2 aromatic carbocycles. The summed E-state index contributed by atoms with van der Waals surface area (Å²) in [7, 11) is 0. The van der Waals surface area contributed by atoms with Crippen LogP contribution in [0.3, 0.4) is 0 Å². The summed E-state index contributed by atoms with van der Waals surface area (Å²) in [5, 5.41) is 4.97. The summed E-state index contributed by atoms with van der Waals surface area (Å²) < 4.78 is 48.2. The van der Waals surface area contributed by atoms with Crippen LogP contribution in [-0.4, -0.2) is 34.9 Å². The summed E-state index contributed by atoms with van der Waals surface area (Å²) in [6, 6.07) is 14.9. The van der Waals surface area contributed by atoms with Crippen LogP contribution >= 0.6 is 0 Å². The minimum Gasteiger partial charge on any atom is -0.465 e. The smallest absolute Gasteiger partial charge is 0.435 e. The largest absolute Gasteiger partial charge is 0.465 e. The molecule has 170 valence electrons. The molecule has 1 amide bonds. The summed E-state index contributed by atoms with van der Waals surface area (Å²) in [4.78, 5) is 25.2. The van der Waals surface area contributed by atoms with Gasteiger partial charge in [-0.25, -0.2) is 0 Å². The molecule has 2 heterocycles. The number of carbonyl (C=O) groups excluding carboxylic acids is 2. The molecule has 0 unspecified atom stereocenters. The topological polar surface area (TPSA) is 63.9 Å². The average molecular weight is 455 g/mol. The number of anilines is 1.